The van der Waals surface area contributed by atoms with Crippen LogP contribution in [0.5, 0.6) is 0 Å². The van der Waals surface area contributed by atoms with Gasteiger partial charge >= 0.3 is 0 Å². The van der Waals surface area contributed by atoms with Crippen LogP contribution in [0.2, 0.25) is 4.34 Å². The zero-order chi connectivity index (χ0) is 12.8. The minimum atomic E-state index is 0.871. The molecule has 0 atom stereocenters. The maximum Gasteiger partial charge on any atom is 0.102 e. The number of thiophene rings is 2. The first-order valence-corrected chi connectivity index (χ1v) is 8.05. The number of hydrogen-bond donors (Lipinski definition) is 0. The van der Waals surface area contributed by atoms with E-state index in [4.69, 9.17) is 11.6 Å². The van der Waals surface area contributed by atoms with Crippen molar-refractivity contribution in [3.05, 3.63) is 58.2 Å². The van der Waals surface area contributed by atoms with Crippen LogP contribution in [0, 0.1) is 0 Å². The molecule has 2 aromatic heterocycles. The van der Waals surface area contributed by atoms with Crippen molar-refractivity contribution in [2.24, 2.45) is 0 Å². The average Bonchev–Trinajstić information content (AvgIpc) is 3.00. The second kappa shape index (κ2) is 4.34. The van der Waals surface area contributed by atoms with Gasteiger partial charge in [-0.25, -0.2) is 0 Å². The van der Waals surface area contributed by atoms with Crippen LogP contribution in [0.25, 0.3) is 31.3 Å². The molecular weight excluding hydrogens is 292 g/mol. The van der Waals surface area contributed by atoms with Crippen molar-refractivity contribution in [2.45, 2.75) is 0 Å². The van der Waals surface area contributed by atoms with Gasteiger partial charge in [0.2, 0.25) is 0 Å². The smallest absolute Gasteiger partial charge is 0.102 e. The fourth-order valence-corrected chi connectivity index (χ4v) is 4.59. The fraction of sp³-hybridized carbons (Fsp3) is 0. The van der Waals surface area contributed by atoms with Crippen molar-refractivity contribution in [3.8, 4) is 11.1 Å². The topological polar surface area (TPSA) is 0 Å². The first-order chi connectivity index (χ1) is 9.33. The summed E-state index contributed by atoms with van der Waals surface area (Å²) in [7, 11) is 0. The van der Waals surface area contributed by atoms with Gasteiger partial charge in [-0.2, -0.15) is 0 Å². The quantitative estimate of drug-likeness (QED) is 0.379. The van der Waals surface area contributed by atoms with Gasteiger partial charge in [-0.05, 0) is 40.6 Å². The first kappa shape index (κ1) is 11.5. The summed E-state index contributed by atoms with van der Waals surface area (Å²) < 4.78 is 3.43. The molecule has 4 rings (SSSR count). The molecule has 92 valence electrons. The molecule has 19 heavy (non-hydrogen) atoms. The minimum absolute atomic E-state index is 0.871. The molecule has 0 saturated carbocycles. The fourth-order valence-electron chi connectivity index (χ4n) is 2.41. The van der Waals surface area contributed by atoms with Gasteiger partial charge < -0.3 is 0 Å². The van der Waals surface area contributed by atoms with Crippen LogP contribution in [0.4, 0.5) is 0 Å². The number of hydrogen-bond acceptors (Lipinski definition) is 2. The van der Waals surface area contributed by atoms with Gasteiger partial charge in [0.25, 0.3) is 0 Å². The summed E-state index contributed by atoms with van der Waals surface area (Å²) in [5.74, 6) is 0. The standard InChI is InChI=1S/C16H9ClS2/c17-16-15(12-3-1-2-4-14(12)19-16)11-5-6-13-10(9-11)7-8-18-13/h1-9H. The predicted octanol–water partition coefficient (Wildman–Crippen LogP) is 6.44. The van der Waals surface area contributed by atoms with Crippen molar-refractivity contribution >= 4 is 54.4 Å². The van der Waals surface area contributed by atoms with Crippen LogP contribution in [-0.2, 0) is 0 Å². The maximum atomic E-state index is 6.45. The molecule has 0 saturated heterocycles. The van der Waals surface area contributed by atoms with E-state index in [9.17, 15) is 0 Å². The third kappa shape index (κ3) is 1.79. The molecule has 0 N–H and O–H groups in total. The van der Waals surface area contributed by atoms with Crippen molar-refractivity contribution < 1.29 is 0 Å². The first-order valence-electron chi connectivity index (χ1n) is 5.97. The summed E-state index contributed by atoms with van der Waals surface area (Å²) in [6.45, 7) is 0. The molecule has 0 fully saturated rings. The summed E-state index contributed by atoms with van der Waals surface area (Å²) in [6, 6.07) is 17.1. The Bertz CT molecular complexity index is 886. The van der Waals surface area contributed by atoms with Crippen LogP contribution in [0.15, 0.2) is 53.9 Å². The van der Waals surface area contributed by atoms with E-state index in [1.165, 1.54) is 25.7 Å². The average molecular weight is 301 g/mol. The molecular formula is C16H9ClS2. The molecule has 0 unspecified atom stereocenters. The maximum absolute atomic E-state index is 6.45. The molecule has 0 amide bonds. The third-order valence-corrected chi connectivity index (χ3v) is 5.57. The highest BCUT2D eigenvalue weighted by molar-refractivity contribution is 7.23. The van der Waals surface area contributed by atoms with Crippen molar-refractivity contribution in [1.82, 2.24) is 0 Å². The summed E-state index contributed by atoms with van der Waals surface area (Å²) in [6.07, 6.45) is 0. The molecule has 4 aromatic rings. The zero-order valence-electron chi connectivity index (χ0n) is 9.89. The Morgan fingerprint density at radius 2 is 1.79 bits per heavy atom. The summed E-state index contributed by atoms with van der Waals surface area (Å²) in [5, 5.41) is 4.66. The van der Waals surface area contributed by atoms with Gasteiger partial charge in [0.05, 0.1) is 0 Å². The molecule has 0 nitrogen and oxygen atoms in total. The van der Waals surface area contributed by atoms with E-state index in [-0.39, 0.29) is 0 Å². The monoisotopic (exact) mass is 300 g/mol. The van der Waals surface area contributed by atoms with Crippen LogP contribution in [-0.4, -0.2) is 0 Å². The van der Waals surface area contributed by atoms with E-state index in [0.717, 1.165) is 9.90 Å². The molecule has 0 aliphatic heterocycles. The molecule has 0 spiro atoms. The molecule has 0 bridgehead atoms. The molecule has 0 radical (unpaired) electrons. The molecule has 2 heterocycles. The van der Waals surface area contributed by atoms with E-state index < -0.39 is 0 Å². The van der Waals surface area contributed by atoms with Gasteiger partial charge in [0.15, 0.2) is 0 Å². The Morgan fingerprint density at radius 1 is 0.895 bits per heavy atom. The summed E-state index contributed by atoms with van der Waals surface area (Å²) >= 11 is 9.87. The number of halogens is 1. The van der Waals surface area contributed by atoms with E-state index in [2.05, 4.69) is 53.9 Å². The minimum Gasteiger partial charge on any atom is -0.144 e. The van der Waals surface area contributed by atoms with E-state index in [1.807, 2.05) is 0 Å². The van der Waals surface area contributed by atoms with E-state index in [1.54, 1.807) is 22.7 Å². The Balaban J connectivity index is 2.05. The Kier molecular flexibility index (Phi) is 2.62. The van der Waals surface area contributed by atoms with Gasteiger partial charge in [-0.3, -0.25) is 0 Å². The molecule has 0 aliphatic carbocycles. The number of benzene rings is 2. The Morgan fingerprint density at radius 3 is 2.74 bits per heavy atom. The largest absolute Gasteiger partial charge is 0.144 e. The van der Waals surface area contributed by atoms with Crippen molar-refractivity contribution in [2.75, 3.05) is 0 Å². The molecule has 3 heteroatoms. The van der Waals surface area contributed by atoms with Gasteiger partial charge in [0.1, 0.15) is 4.34 Å². The highest BCUT2D eigenvalue weighted by Gasteiger charge is 2.12. The Labute approximate surface area is 123 Å². The lowest BCUT2D eigenvalue weighted by Gasteiger charge is -2.01. The summed E-state index contributed by atoms with van der Waals surface area (Å²) in [5.41, 5.74) is 2.36. The van der Waals surface area contributed by atoms with E-state index in [0.29, 0.717) is 0 Å². The van der Waals surface area contributed by atoms with Crippen molar-refractivity contribution in [1.29, 1.82) is 0 Å². The van der Waals surface area contributed by atoms with Crippen molar-refractivity contribution in [3.63, 3.8) is 0 Å². The molecule has 2 aromatic carbocycles. The Hall–Kier alpha value is -1.35. The van der Waals surface area contributed by atoms with Crippen LogP contribution < -0.4 is 0 Å². The lowest BCUT2D eigenvalue weighted by molar-refractivity contribution is 1.77. The summed E-state index contributed by atoms with van der Waals surface area (Å²) in [4.78, 5) is 0. The normalized spacial score (nSPS) is 11.4. The highest BCUT2D eigenvalue weighted by atomic mass is 35.5. The van der Waals surface area contributed by atoms with Crippen LogP contribution in [0.3, 0.4) is 0 Å². The number of rotatable bonds is 1. The van der Waals surface area contributed by atoms with E-state index >= 15 is 0 Å². The lowest BCUT2D eigenvalue weighted by atomic mass is 10.0. The predicted molar refractivity (Wildman–Crippen MR) is 87.7 cm³/mol. The second-order valence-electron chi connectivity index (χ2n) is 4.42. The van der Waals surface area contributed by atoms with Gasteiger partial charge in [0, 0.05) is 20.3 Å². The lowest BCUT2D eigenvalue weighted by Crippen LogP contribution is -1.76. The molecule has 0 aliphatic rings. The SMILES string of the molecule is Clc1sc2ccccc2c1-c1ccc2sccc2c1. The van der Waals surface area contributed by atoms with Crippen LogP contribution in [0.1, 0.15) is 0 Å². The highest BCUT2D eigenvalue weighted by Crippen LogP contribution is 2.42. The van der Waals surface area contributed by atoms with Gasteiger partial charge in [-0.15, -0.1) is 22.7 Å². The number of fused-ring (bicyclic) bond motifs is 2. The zero-order valence-corrected chi connectivity index (χ0v) is 12.3. The van der Waals surface area contributed by atoms with Crippen LogP contribution >= 0.6 is 34.3 Å². The van der Waals surface area contributed by atoms with Gasteiger partial charge in [-0.1, -0.05) is 35.9 Å². The third-order valence-electron chi connectivity index (χ3n) is 3.29. The second-order valence-corrected chi connectivity index (χ2v) is 7.02.